The Hall–Kier alpha value is -7.57. The molecule has 6 nitrogen and oxygen atoms in total. The quantitative estimate of drug-likeness (QED) is 0.171. The highest BCUT2D eigenvalue weighted by molar-refractivity contribution is 6.19. The number of aromatic nitrogens is 3. The van der Waals surface area contributed by atoms with Gasteiger partial charge in [0.25, 0.3) is 0 Å². The van der Waals surface area contributed by atoms with Crippen LogP contribution in [-0.2, 0) is 0 Å². The Morgan fingerprint density at radius 2 is 0.945 bits per heavy atom. The zero-order valence-electron chi connectivity index (χ0n) is 29.4. The number of anilines is 3. The van der Waals surface area contributed by atoms with E-state index in [2.05, 4.69) is 102 Å². The van der Waals surface area contributed by atoms with E-state index in [1.165, 1.54) is 0 Å². The van der Waals surface area contributed by atoms with Crippen LogP contribution in [0.15, 0.2) is 191 Å². The first-order valence-corrected chi connectivity index (χ1v) is 18.3. The van der Waals surface area contributed by atoms with E-state index >= 15 is 0 Å². The van der Waals surface area contributed by atoms with Crippen LogP contribution in [0.5, 0.6) is 0 Å². The van der Waals surface area contributed by atoms with Crippen LogP contribution in [0.4, 0.5) is 17.1 Å². The molecule has 0 bridgehead atoms. The summed E-state index contributed by atoms with van der Waals surface area (Å²) in [6, 6.07) is 62.0. The van der Waals surface area contributed by atoms with Gasteiger partial charge in [-0.15, -0.1) is 0 Å². The standard InChI is InChI=1S/C49H30N4O2/c1-4-15-31(16-5-1)47-50-48(32-17-6-2-7-18-32)52-49(51-47)38-27-28-41(46-44(38)39-29-33-19-10-11-20-34(33)30-43(39)55-46)53(35-21-8-3-9-22-35)40-25-14-24-37-36-23-12-13-26-42(36)54-45(37)40/h1-30H. The van der Waals surface area contributed by atoms with Crippen molar-refractivity contribution in [2.24, 2.45) is 0 Å². The number of nitrogens with zero attached hydrogens (tertiary/aromatic N) is 4. The second-order valence-corrected chi connectivity index (χ2v) is 13.6. The number of rotatable bonds is 6. The first-order chi connectivity index (χ1) is 27.3. The fourth-order valence-electron chi connectivity index (χ4n) is 7.74. The maximum Gasteiger partial charge on any atom is 0.164 e. The fraction of sp³-hybridized carbons (Fsp3) is 0. The lowest BCUT2D eigenvalue weighted by molar-refractivity contribution is 0.666. The maximum atomic E-state index is 7.04. The summed E-state index contributed by atoms with van der Waals surface area (Å²) < 4.78 is 13.7. The lowest BCUT2D eigenvalue weighted by atomic mass is 10.0. The third-order valence-electron chi connectivity index (χ3n) is 10.3. The Labute approximate surface area is 315 Å². The molecule has 0 N–H and O–H groups in total. The summed E-state index contributed by atoms with van der Waals surface area (Å²) in [4.78, 5) is 17.5. The molecule has 0 spiro atoms. The number of fused-ring (bicyclic) bond motifs is 7. The van der Waals surface area contributed by atoms with Gasteiger partial charge in [0, 0.05) is 43.9 Å². The molecule has 0 saturated carbocycles. The normalized spacial score (nSPS) is 11.6. The molecule has 0 saturated heterocycles. The molecule has 55 heavy (non-hydrogen) atoms. The van der Waals surface area contributed by atoms with Crippen molar-refractivity contribution in [3.63, 3.8) is 0 Å². The van der Waals surface area contributed by atoms with E-state index in [-0.39, 0.29) is 0 Å². The van der Waals surface area contributed by atoms with Gasteiger partial charge in [-0.3, -0.25) is 0 Å². The van der Waals surface area contributed by atoms with Gasteiger partial charge < -0.3 is 13.7 Å². The van der Waals surface area contributed by atoms with E-state index in [0.29, 0.717) is 23.1 Å². The van der Waals surface area contributed by atoms with Gasteiger partial charge in [-0.1, -0.05) is 133 Å². The zero-order chi connectivity index (χ0) is 36.3. The highest BCUT2D eigenvalue weighted by atomic mass is 16.3. The number of hydrogen-bond donors (Lipinski definition) is 0. The van der Waals surface area contributed by atoms with Gasteiger partial charge in [-0.05, 0) is 59.3 Å². The SMILES string of the molecule is c1ccc(-c2nc(-c3ccccc3)nc(-c3ccc(N(c4ccccc4)c4cccc5c4oc4ccccc45)c4oc5cc6ccccc6cc5c34)n2)cc1. The smallest absolute Gasteiger partial charge is 0.164 e. The first-order valence-electron chi connectivity index (χ1n) is 18.3. The molecule has 258 valence electrons. The summed E-state index contributed by atoms with van der Waals surface area (Å²) in [6.45, 7) is 0. The van der Waals surface area contributed by atoms with Gasteiger partial charge >= 0.3 is 0 Å². The summed E-state index contributed by atoms with van der Waals surface area (Å²) in [7, 11) is 0. The second-order valence-electron chi connectivity index (χ2n) is 13.6. The molecular weight excluding hydrogens is 677 g/mol. The highest BCUT2D eigenvalue weighted by Crippen LogP contribution is 2.48. The highest BCUT2D eigenvalue weighted by Gasteiger charge is 2.26. The van der Waals surface area contributed by atoms with Crippen molar-refractivity contribution < 1.29 is 8.83 Å². The van der Waals surface area contributed by atoms with Crippen LogP contribution in [0.25, 0.3) is 88.8 Å². The van der Waals surface area contributed by atoms with E-state index in [4.69, 9.17) is 23.8 Å². The minimum atomic E-state index is 0.561. The molecular formula is C49H30N4O2. The Kier molecular flexibility index (Phi) is 7.07. The third-order valence-corrected chi connectivity index (χ3v) is 10.3. The molecule has 3 aromatic heterocycles. The molecule has 0 aliphatic carbocycles. The number of benzene rings is 8. The maximum absolute atomic E-state index is 7.04. The summed E-state index contributed by atoms with van der Waals surface area (Å²) in [6.07, 6.45) is 0. The van der Waals surface area contributed by atoms with E-state index < -0.39 is 0 Å². The van der Waals surface area contributed by atoms with E-state index in [1.807, 2.05) is 84.9 Å². The predicted molar refractivity (Wildman–Crippen MR) is 223 cm³/mol. The van der Waals surface area contributed by atoms with Gasteiger partial charge in [0.1, 0.15) is 11.2 Å². The minimum absolute atomic E-state index is 0.561. The summed E-state index contributed by atoms with van der Waals surface area (Å²) in [5.41, 5.74) is 8.52. The molecule has 11 aromatic rings. The molecule has 6 heteroatoms. The van der Waals surface area contributed by atoms with Gasteiger partial charge in [0.15, 0.2) is 28.6 Å². The molecule has 0 aliphatic rings. The summed E-state index contributed by atoms with van der Waals surface area (Å²) >= 11 is 0. The van der Waals surface area contributed by atoms with Crippen molar-refractivity contribution in [2.75, 3.05) is 4.90 Å². The van der Waals surface area contributed by atoms with E-state index in [9.17, 15) is 0 Å². The van der Waals surface area contributed by atoms with Gasteiger partial charge in [-0.25, -0.2) is 15.0 Å². The molecule has 0 atom stereocenters. The van der Waals surface area contributed by atoms with Crippen LogP contribution in [0.3, 0.4) is 0 Å². The third kappa shape index (κ3) is 5.15. The average molecular weight is 707 g/mol. The van der Waals surface area contributed by atoms with Gasteiger partial charge in [-0.2, -0.15) is 0 Å². The first kappa shape index (κ1) is 31.0. The van der Waals surface area contributed by atoms with Crippen LogP contribution in [0.2, 0.25) is 0 Å². The molecule has 0 amide bonds. The van der Waals surface area contributed by atoms with E-state index in [1.54, 1.807) is 0 Å². The van der Waals surface area contributed by atoms with Crippen LogP contribution in [0.1, 0.15) is 0 Å². The molecule has 3 heterocycles. The molecule has 0 unspecified atom stereocenters. The van der Waals surface area contributed by atoms with Crippen molar-refractivity contribution in [1.82, 2.24) is 15.0 Å². The van der Waals surface area contributed by atoms with Gasteiger partial charge in [0.2, 0.25) is 0 Å². The van der Waals surface area contributed by atoms with Crippen LogP contribution in [0, 0.1) is 0 Å². The molecule has 0 fully saturated rings. The van der Waals surface area contributed by atoms with Crippen molar-refractivity contribution in [3.8, 4) is 34.2 Å². The van der Waals surface area contributed by atoms with Crippen molar-refractivity contribution in [2.45, 2.75) is 0 Å². The van der Waals surface area contributed by atoms with Crippen molar-refractivity contribution in [1.29, 1.82) is 0 Å². The van der Waals surface area contributed by atoms with Crippen molar-refractivity contribution >= 4 is 71.7 Å². The number of furan rings is 2. The topological polar surface area (TPSA) is 68.2 Å². The summed E-state index contributed by atoms with van der Waals surface area (Å²) in [5.74, 6) is 1.76. The largest absolute Gasteiger partial charge is 0.454 e. The molecule has 0 radical (unpaired) electrons. The van der Waals surface area contributed by atoms with Crippen LogP contribution >= 0.6 is 0 Å². The van der Waals surface area contributed by atoms with Gasteiger partial charge in [0.05, 0.1) is 11.4 Å². The molecule has 11 rings (SSSR count). The Morgan fingerprint density at radius 3 is 1.67 bits per heavy atom. The predicted octanol–water partition coefficient (Wildman–Crippen LogP) is 13.3. The Morgan fingerprint density at radius 1 is 0.382 bits per heavy atom. The molecule has 0 aliphatic heterocycles. The fourth-order valence-corrected chi connectivity index (χ4v) is 7.74. The monoisotopic (exact) mass is 706 g/mol. The summed E-state index contributed by atoms with van der Waals surface area (Å²) in [5, 5.41) is 6.23. The Balaban J connectivity index is 1.23. The lowest BCUT2D eigenvalue weighted by Crippen LogP contribution is -2.10. The molecule has 8 aromatic carbocycles. The zero-order valence-corrected chi connectivity index (χ0v) is 29.4. The number of para-hydroxylation sites is 3. The van der Waals surface area contributed by atoms with Crippen LogP contribution in [-0.4, -0.2) is 15.0 Å². The number of hydrogen-bond acceptors (Lipinski definition) is 6. The lowest BCUT2D eigenvalue weighted by Gasteiger charge is -2.26. The average Bonchev–Trinajstić information content (AvgIpc) is 3.83. The van der Waals surface area contributed by atoms with Crippen LogP contribution < -0.4 is 4.90 Å². The second kappa shape index (κ2) is 12.5. The van der Waals surface area contributed by atoms with Crippen molar-refractivity contribution in [3.05, 3.63) is 182 Å². The van der Waals surface area contributed by atoms with E-state index in [0.717, 1.165) is 82.8 Å². The minimum Gasteiger partial charge on any atom is -0.454 e. The Bertz CT molecular complexity index is 3150.